The van der Waals surface area contributed by atoms with Crippen molar-refractivity contribution in [2.45, 2.75) is 19.3 Å². The molecule has 0 saturated heterocycles. The van der Waals surface area contributed by atoms with Crippen molar-refractivity contribution in [3.05, 3.63) is 71.3 Å². The summed E-state index contributed by atoms with van der Waals surface area (Å²) in [5.41, 5.74) is 3.12. The predicted molar refractivity (Wildman–Crippen MR) is 80.1 cm³/mol. The number of carbonyl (C=O) groups excluding carboxylic acids is 2. The maximum absolute atomic E-state index is 11.0. The number of aryl methyl sites for hydroxylation is 1. The van der Waals surface area contributed by atoms with Crippen LogP contribution in [0, 0.1) is 0 Å². The van der Waals surface area contributed by atoms with Crippen LogP contribution in [0.25, 0.3) is 0 Å². The van der Waals surface area contributed by atoms with E-state index in [1.165, 1.54) is 11.1 Å². The van der Waals surface area contributed by atoms with Crippen molar-refractivity contribution in [1.82, 2.24) is 0 Å². The Balaban J connectivity index is 0.000000151. The van der Waals surface area contributed by atoms with Crippen molar-refractivity contribution in [1.29, 1.82) is 0 Å². The molecule has 0 spiro atoms. The maximum atomic E-state index is 11.0. The predicted octanol–water partition coefficient (Wildman–Crippen LogP) is 3.81. The fourth-order valence-electron chi connectivity index (χ4n) is 2.12. The Bertz CT molecular complexity index is 605. The molecule has 0 aromatic heterocycles. The normalized spacial score (nSPS) is 12.9. The first-order valence-electron chi connectivity index (χ1n) is 6.50. The van der Waals surface area contributed by atoms with Crippen LogP contribution < -0.4 is 0 Å². The summed E-state index contributed by atoms with van der Waals surface area (Å²) in [5.74, 6) is 0.378. The zero-order valence-corrected chi connectivity index (χ0v) is 11.8. The third-order valence-corrected chi connectivity index (χ3v) is 3.40. The lowest BCUT2D eigenvalue weighted by Crippen LogP contribution is -2.12. The Morgan fingerprint density at radius 3 is 2.05 bits per heavy atom. The lowest BCUT2D eigenvalue weighted by molar-refractivity contribution is -0.118. The van der Waals surface area contributed by atoms with Crippen molar-refractivity contribution in [3.8, 4) is 0 Å². The van der Waals surface area contributed by atoms with E-state index >= 15 is 0 Å². The van der Waals surface area contributed by atoms with Gasteiger partial charge in [0.2, 0.25) is 0 Å². The Morgan fingerprint density at radius 1 is 0.850 bits per heavy atom. The van der Waals surface area contributed by atoms with Gasteiger partial charge in [-0.1, -0.05) is 54.6 Å². The van der Waals surface area contributed by atoms with Crippen LogP contribution in [-0.2, 0) is 17.6 Å². The van der Waals surface area contributed by atoms with Gasteiger partial charge in [-0.25, -0.2) is 0 Å². The number of halogens is 1. The highest BCUT2D eigenvalue weighted by Crippen LogP contribution is 2.17. The van der Waals surface area contributed by atoms with E-state index in [0.29, 0.717) is 17.8 Å². The molecule has 2 aromatic rings. The fourth-order valence-corrected chi connectivity index (χ4v) is 2.24. The summed E-state index contributed by atoms with van der Waals surface area (Å²) in [6.45, 7) is 0. The number of carbonyl (C=O) groups is 2. The van der Waals surface area contributed by atoms with Gasteiger partial charge in [0.1, 0.15) is 5.78 Å². The molecule has 0 N–H and O–H groups in total. The Kier molecular flexibility index (Phi) is 5.08. The van der Waals surface area contributed by atoms with E-state index in [1.807, 2.05) is 24.3 Å². The molecule has 1 aliphatic rings. The van der Waals surface area contributed by atoms with Gasteiger partial charge in [0.15, 0.2) is 0 Å². The Morgan fingerprint density at radius 2 is 1.45 bits per heavy atom. The lowest BCUT2D eigenvalue weighted by atomic mass is 9.91. The monoisotopic (exact) mass is 286 g/mol. The second-order valence-electron chi connectivity index (χ2n) is 4.62. The van der Waals surface area contributed by atoms with Crippen LogP contribution in [0.3, 0.4) is 0 Å². The number of rotatable bonds is 1. The summed E-state index contributed by atoms with van der Waals surface area (Å²) in [7, 11) is 0. The first-order valence-corrected chi connectivity index (χ1v) is 6.88. The molecule has 0 saturated carbocycles. The molecule has 3 heteroatoms. The molecule has 3 rings (SSSR count). The summed E-state index contributed by atoms with van der Waals surface area (Å²) < 4.78 is 0. The number of Topliss-reactive ketones (excluding diaryl/α,β-unsaturated/α-hetero) is 1. The molecule has 0 radical (unpaired) electrons. The third kappa shape index (κ3) is 4.04. The summed E-state index contributed by atoms with van der Waals surface area (Å²) in [4.78, 5) is 21.4. The molecule has 0 atom stereocenters. The molecule has 0 fully saturated rings. The molecular weight excluding hydrogens is 272 g/mol. The summed E-state index contributed by atoms with van der Waals surface area (Å²) in [6.07, 6.45) is 2.32. The molecule has 20 heavy (non-hydrogen) atoms. The minimum absolute atomic E-state index is 0.378. The van der Waals surface area contributed by atoms with E-state index in [4.69, 9.17) is 11.6 Å². The molecular formula is C17H15ClO2. The molecule has 0 unspecified atom stereocenters. The van der Waals surface area contributed by atoms with Gasteiger partial charge in [-0.15, -0.1) is 0 Å². The van der Waals surface area contributed by atoms with Crippen LogP contribution >= 0.6 is 11.6 Å². The number of hydrogen-bond donors (Lipinski definition) is 0. The number of ketones is 1. The number of hydrogen-bond acceptors (Lipinski definition) is 2. The molecule has 2 nitrogen and oxygen atoms in total. The molecule has 0 bridgehead atoms. The van der Waals surface area contributed by atoms with E-state index in [2.05, 4.69) is 6.07 Å². The standard InChI is InChI=1S/C10H10O.C7H5ClO/c11-10-6-5-8-3-1-2-4-9(8)7-10;8-7(9)6-4-2-1-3-5-6/h1-4H,5-7H2;1-5H. The highest BCUT2D eigenvalue weighted by molar-refractivity contribution is 6.67. The SMILES string of the molecule is O=C(Cl)c1ccccc1.O=C1CCc2ccccc2C1. The Labute approximate surface area is 123 Å². The first-order chi connectivity index (χ1) is 9.66. The van der Waals surface area contributed by atoms with E-state index in [9.17, 15) is 9.59 Å². The zero-order valence-electron chi connectivity index (χ0n) is 11.0. The molecule has 2 aromatic carbocycles. The average molecular weight is 287 g/mol. The van der Waals surface area contributed by atoms with Crippen molar-refractivity contribution in [3.63, 3.8) is 0 Å². The highest BCUT2D eigenvalue weighted by Gasteiger charge is 2.13. The molecule has 1 aliphatic carbocycles. The largest absolute Gasteiger partial charge is 0.299 e. The average Bonchev–Trinajstić information content (AvgIpc) is 2.48. The van der Waals surface area contributed by atoms with Crippen molar-refractivity contribution < 1.29 is 9.59 Å². The van der Waals surface area contributed by atoms with Crippen LogP contribution in [0.2, 0.25) is 0 Å². The van der Waals surface area contributed by atoms with Crippen LogP contribution in [0.1, 0.15) is 27.9 Å². The van der Waals surface area contributed by atoms with Crippen molar-refractivity contribution in [2.75, 3.05) is 0 Å². The smallest absolute Gasteiger partial charge is 0.252 e. The van der Waals surface area contributed by atoms with Gasteiger partial charge >= 0.3 is 0 Å². The van der Waals surface area contributed by atoms with Crippen LogP contribution in [0.5, 0.6) is 0 Å². The van der Waals surface area contributed by atoms with Crippen molar-refractivity contribution >= 4 is 22.6 Å². The molecule has 0 heterocycles. The van der Waals surface area contributed by atoms with Crippen LogP contribution in [-0.4, -0.2) is 11.0 Å². The van der Waals surface area contributed by atoms with Gasteiger partial charge in [0, 0.05) is 18.4 Å². The van der Waals surface area contributed by atoms with Crippen LogP contribution in [0.4, 0.5) is 0 Å². The van der Waals surface area contributed by atoms with E-state index in [-0.39, 0.29) is 0 Å². The summed E-state index contributed by atoms with van der Waals surface area (Å²) in [5, 5.41) is -0.407. The topological polar surface area (TPSA) is 34.1 Å². The fraction of sp³-hybridized carbons (Fsp3) is 0.176. The van der Waals surface area contributed by atoms with E-state index in [1.54, 1.807) is 24.3 Å². The van der Waals surface area contributed by atoms with E-state index < -0.39 is 5.24 Å². The van der Waals surface area contributed by atoms with Gasteiger partial charge in [0.05, 0.1) is 0 Å². The molecule has 102 valence electrons. The Hall–Kier alpha value is -1.93. The highest BCUT2D eigenvalue weighted by atomic mass is 35.5. The van der Waals surface area contributed by atoms with Gasteiger partial charge in [-0.05, 0) is 29.1 Å². The summed E-state index contributed by atoms with van der Waals surface area (Å²) in [6, 6.07) is 16.9. The van der Waals surface area contributed by atoms with Gasteiger partial charge < -0.3 is 0 Å². The maximum Gasteiger partial charge on any atom is 0.252 e. The second kappa shape index (κ2) is 7.01. The van der Waals surface area contributed by atoms with Gasteiger partial charge in [-0.3, -0.25) is 9.59 Å². The van der Waals surface area contributed by atoms with Crippen LogP contribution in [0.15, 0.2) is 54.6 Å². The number of fused-ring (bicyclic) bond motifs is 1. The molecule has 0 amide bonds. The number of benzene rings is 2. The van der Waals surface area contributed by atoms with E-state index in [0.717, 1.165) is 12.8 Å². The summed E-state index contributed by atoms with van der Waals surface area (Å²) >= 11 is 5.16. The lowest BCUT2D eigenvalue weighted by Gasteiger charge is -2.13. The minimum atomic E-state index is -0.407. The van der Waals surface area contributed by atoms with Gasteiger partial charge in [-0.2, -0.15) is 0 Å². The quantitative estimate of drug-likeness (QED) is 0.747. The third-order valence-electron chi connectivity index (χ3n) is 3.18. The molecule has 0 aliphatic heterocycles. The van der Waals surface area contributed by atoms with Gasteiger partial charge in [0.25, 0.3) is 5.24 Å². The second-order valence-corrected chi connectivity index (χ2v) is 4.97. The first kappa shape index (κ1) is 14.5. The minimum Gasteiger partial charge on any atom is -0.299 e. The zero-order chi connectivity index (χ0) is 14.4. The van der Waals surface area contributed by atoms with Crippen molar-refractivity contribution in [2.24, 2.45) is 0 Å².